The molecule has 0 spiro atoms. The van der Waals surface area contributed by atoms with Gasteiger partial charge < -0.3 is 9.72 Å². The number of hydrogen-bond acceptors (Lipinski definition) is 5. The van der Waals surface area contributed by atoms with Crippen LogP contribution >= 0.6 is 15.9 Å². The Labute approximate surface area is 159 Å². The number of nitrogens with one attached hydrogen (secondary N) is 1. The normalized spacial score (nSPS) is 12.9. The van der Waals surface area contributed by atoms with E-state index in [0.717, 1.165) is 0 Å². The number of carbonyl (C=O) groups is 1. The van der Waals surface area contributed by atoms with Gasteiger partial charge in [0.15, 0.2) is 5.69 Å². The summed E-state index contributed by atoms with van der Waals surface area (Å²) in [6, 6.07) is 0.152. The minimum atomic E-state index is -6.17. The van der Waals surface area contributed by atoms with E-state index in [4.69, 9.17) is 0 Å². The number of halogens is 8. The van der Waals surface area contributed by atoms with Crippen molar-refractivity contribution in [3.8, 4) is 11.4 Å². The number of hydrogen-bond donors (Lipinski definition) is 1. The van der Waals surface area contributed by atoms with Crippen molar-refractivity contribution in [2.45, 2.75) is 16.6 Å². The summed E-state index contributed by atoms with van der Waals surface area (Å²) in [5.74, 6) is -4.09. The first-order valence-corrected chi connectivity index (χ1v) is 8.95. The van der Waals surface area contributed by atoms with Crippen LogP contribution in [0, 0.1) is 5.82 Å². The van der Waals surface area contributed by atoms with Gasteiger partial charge in [0.1, 0.15) is 16.2 Å². The third-order valence-electron chi connectivity index (χ3n) is 3.27. The van der Waals surface area contributed by atoms with Gasteiger partial charge in [-0.05, 0) is 28.1 Å². The highest BCUT2D eigenvalue weighted by Gasteiger charge is 2.49. The van der Waals surface area contributed by atoms with E-state index in [9.17, 15) is 43.9 Å². The first-order chi connectivity index (χ1) is 12.6. The average Bonchev–Trinajstić information content (AvgIpc) is 2.94. The zero-order valence-corrected chi connectivity index (χ0v) is 15.6. The van der Waals surface area contributed by atoms with Crippen LogP contribution in [0.5, 0.6) is 0 Å². The zero-order chi connectivity index (χ0) is 21.7. The van der Waals surface area contributed by atoms with Gasteiger partial charge in [-0.15, -0.1) is 0 Å². The molecular formula is C13H6BrF7N2O4S. The fraction of sp³-hybridized carbons (Fsp3) is 0.231. The number of sulfone groups is 1. The molecule has 0 aliphatic heterocycles. The summed E-state index contributed by atoms with van der Waals surface area (Å²) in [6.45, 7) is 0. The average molecular weight is 499 g/mol. The molecule has 1 heterocycles. The lowest BCUT2D eigenvalue weighted by atomic mass is 10.1. The van der Waals surface area contributed by atoms with Crippen molar-refractivity contribution in [1.82, 2.24) is 9.97 Å². The molecule has 6 nitrogen and oxygen atoms in total. The third-order valence-corrected chi connectivity index (χ3v) is 5.37. The number of imidazole rings is 1. The molecule has 0 fully saturated rings. The molecule has 0 aliphatic rings. The maximum atomic E-state index is 14.3. The Morgan fingerprint density at radius 1 is 1.18 bits per heavy atom. The van der Waals surface area contributed by atoms with Crippen LogP contribution in [0.4, 0.5) is 30.7 Å². The molecule has 0 aliphatic carbocycles. The van der Waals surface area contributed by atoms with Crippen molar-refractivity contribution >= 4 is 31.7 Å². The maximum Gasteiger partial charge on any atom is 0.501 e. The summed E-state index contributed by atoms with van der Waals surface area (Å²) in [5, 5.41) is 0. The van der Waals surface area contributed by atoms with Crippen molar-refractivity contribution in [1.29, 1.82) is 0 Å². The predicted octanol–water partition coefficient (Wildman–Crippen LogP) is 4.08. The van der Waals surface area contributed by atoms with E-state index in [-0.39, 0.29) is 6.07 Å². The Balaban J connectivity index is 2.80. The van der Waals surface area contributed by atoms with E-state index in [1.807, 2.05) is 0 Å². The second-order valence-corrected chi connectivity index (χ2v) is 7.68. The van der Waals surface area contributed by atoms with Crippen LogP contribution in [0.2, 0.25) is 0 Å². The molecule has 28 heavy (non-hydrogen) atoms. The van der Waals surface area contributed by atoms with Crippen molar-refractivity contribution in [3.05, 3.63) is 33.8 Å². The van der Waals surface area contributed by atoms with Gasteiger partial charge in [0.25, 0.3) is 9.84 Å². The summed E-state index contributed by atoms with van der Waals surface area (Å²) in [7, 11) is -5.46. The Bertz CT molecular complexity index is 1040. The molecule has 0 atom stereocenters. The number of benzene rings is 1. The predicted molar refractivity (Wildman–Crippen MR) is 81.3 cm³/mol. The highest BCUT2D eigenvalue weighted by atomic mass is 79.9. The lowest BCUT2D eigenvalue weighted by Gasteiger charge is -2.13. The quantitative estimate of drug-likeness (QED) is 0.508. The van der Waals surface area contributed by atoms with Gasteiger partial charge in [-0.3, -0.25) is 0 Å². The molecule has 1 N–H and O–H groups in total. The molecule has 0 saturated carbocycles. The summed E-state index contributed by atoms with van der Waals surface area (Å²) in [6.07, 6.45) is -4.94. The SMILES string of the molecule is COC(=O)c1cc(-c2nc(Br)c(C(F)(F)F)[nH]2)c(F)cc1S(=O)(=O)C(F)(F)F. The topological polar surface area (TPSA) is 89.1 Å². The van der Waals surface area contributed by atoms with Gasteiger partial charge in [-0.25, -0.2) is 22.6 Å². The van der Waals surface area contributed by atoms with Gasteiger partial charge in [0.2, 0.25) is 0 Å². The monoisotopic (exact) mass is 498 g/mol. The Morgan fingerprint density at radius 3 is 2.18 bits per heavy atom. The number of methoxy groups -OCH3 is 1. The molecule has 1 aromatic heterocycles. The summed E-state index contributed by atoms with van der Waals surface area (Å²) in [4.78, 5) is 15.0. The van der Waals surface area contributed by atoms with E-state index < -0.39 is 65.5 Å². The van der Waals surface area contributed by atoms with Crippen LogP contribution in [-0.4, -0.2) is 37.0 Å². The molecule has 2 rings (SSSR count). The van der Waals surface area contributed by atoms with Crippen molar-refractivity contribution in [2.75, 3.05) is 7.11 Å². The number of carbonyl (C=O) groups excluding carboxylic acids is 1. The van der Waals surface area contributed by atoms with E-state index in [0.29, 0.717) is 13.2 Å². The largest absolute Gasteiger partial charge is 0.501 e. The number of alkyl halides is 6. The van der Waals surface area contributed by atoms with Gasteiger partial charge in [-0.2, -0.15) is 26.3 Å². The van der Waals surface area contributed by atoms with E-state index >= 15 is 0 Å². The number of H-pyrrole nitrogens is 1. The number of rotatable bonds is 3. The van der Waals surface area contributed by atoms with E-state index in [1.54, 1.807) is 4.98 Å². The Hall–Kier alpha value is -2.16. The number of ether oxygens (including phenoxy) is 1. The molecule has 2 aromatic rings. The highest BCUT2D eigenvalue weighted by molar-refractivity contribution is 9.10. The van der Waals surface area contributed by atoms with Crippen molar-refractivity contribution in [3.63, 3.8) is 0 Å². The molecule has 0 amide bonds. The summed E-state index contributed by atoms with van der Waals surface area (Å²) >= 11 is 2.49. The van der Waals surface area contributed by atoms with E-state index in [2.05, 4.69) is 25.7 Å². The molecule has 0 unspecified atom stereocenters. The van der Waals surface area contributed by atoms with E-state index in [1.165, 1.54) is 0 Å². The highest BCUT2D eigenvalue weighted by Crippen LogP contribution is 2.38. The summed E-state index contributed by atoms with van der Waals surface area (Å²) in [5.41, 5.74) is -9.44. The second-order valence-electron chi connectivity index (χ2n) is 5.02. The van der Waals surface area contributed by atoms with Gasteiger partial charge in [0.05, 0.1) is 23.1 Å². The lowest BCUT2D eigenvalue weighted by molar-refractivity contribution is -0.141. The summed E-state index contributed by atoms with van der Waals surface area (Å²) < 4.78 is 118. The first-order valence-electron chi connectivity index (χ1n) is 6.67. The zero-order valence-electron chi connectivity index (χ0n) is 13.2. The van der Waals surface area contributed by atoms with Crippen LogP contribution in [0.3, 0.4) is 0 Å². The van der Waals surface area contributed by atoms with Crippen LogP contribution in [-0.2, 0) is 20.8 Å². The van der Waals surface area contributed by atoms with Crippen LogP contribution in [0.15, 0.2) is 21.6 Å². The fourth-order valence-electron chi connectivity index (χ4n) is 2.02. The standard InChI is InChI=1S/C13H6BrF7N2O4S/c1-27-11(24)5-2-4(10-22-8(9(14)23-10)12(16,17)18)6(15)3-7(5)28(25,26)13(19,20)21/h2-3H,1H3,(H,22,23). The smallest absolute Gasteiger partial charge is 0.465 e. The maximum absolute atomic E-state index is 14.3. The first kappa shape index (κ1) is 22.1. The molecule has 15 heteroatoms. The third kappa shape index (κ3) is 3.85. The minimum Gasteiger partial charge on any atom is -0.465 e. The lowest BCUT2D eigenvalue weighted by Crippen LogP contribution is -2.26. The van der Waals surface area contributed by atoms with Gasteiger partial charge in [0, 0.05) is 0 Å². The van der Waals surface area contributed by atoms with Crippen LogP contribution < -0.4 is 0 Å². The molecule has 154 valence electrons. The van der Waals surface area contributed by atoms with Crippen LogP contribution in [0.25, 0.3) is 11.4 Å². The second kappa shape index (κ2) is 7.02. The molecule has 0 saturated heterocycles. The Morgan fingerprint density at radius 2 is 1.75 bits per heavy atom. The molecule has 0 radical (unpaired) electrons. The van der Waals surface area contributed by atoms with Crippen molar-refractivity contribution in [2.24, 2.45) is 0 Å². The number of aromatic nitrogens is 2. The Kier molecular flexibility index (Phi) is 5.55. The van der Waals surface area contributed by atoms with Crippen molar-refractivity contribution < 1.29 is 48.7 Å². The number of aromatic amines is 1. The molecular weight excluding hydrogens is 493 g/mol. The number of nitrogens with zero attached hydrogens (tertiary/aromatic N) is 1. The van der Waals surface area contributed by atoms with Gasteiger partial charge in [-0.1, -0.05) is 0 Å². The fourth-order valence-corrected chi connectivity index (χ4v) is 3.46. The molecule has 1 aromatic carbocycles. The molecule has 0 bridgehead atoms. The van der Waals surface area contributed by atoms with Gasteiger partial charge >= 0.3 is 17.7 Å². The van der Waals surface area contributed by atoms with Crippen LogP contribution in [0.1, 0.15) is 16.1 Å². The minimum absolute atomic E-state index is 0.145. The number of esters is 1.